The van der Waals surface area contributed by atoms with Crippen molar-refractivity contribution in [3.63, 3.8) is 0 Å². The molecule has 2 heterocycles. The van der Waals surface area contributed by atoms with Crippen molar-refractivity contribution in [3.8, 4) is 11.3 Å². The summed E-state index contributed by atoms with van der Waals surface area (Å²) >= 11 is 0. The molecule has 7 heteroatoms. The Kier molecular flexibility index (Phi) is 5.99. The van der Waals surface area contributed by atoms with Crippen LogP contribution in [0, 0.1) is 5.82 Å². The van der Waals surface area contributed by atoms with Gasteiger partial charge in [0.05, 0.1) is 11.3 Å². The average Bonchev–Trinajstić information content (AvgIpc) is 2.76. The molecule has 0 bridgehead atoms. The van der Waals surface area contributed by atoms with Gasteiger partial charge >= 0.3 is 0 Å². The summed E-state index contributed by atoms with van der Waals surface area (Å²) in [5.41, 5.74) is 8.14. The van der Waals surface area contributed by atoms with E-state index in [0.29, 0.717) is 29.9 Å². The van der Waals surface area contributed by atoms with Crippen molar-refractivity contribution < 1.29 is 9.18 Å². The van der Waals surface area contributed by atoms with Crippen LogP contribution in [0.15, 0.2) is 60.8 Å². The van der Waals surface area contributed by atoms with Crippen LogP contribution in [-0.4, -0.2) is 39.9 Å². The maximum atomic E-state index is 14.0. The summed E-state index contributed by atoms with van der Waals surface area (Å²) in [6.45, 7) is 2.07. The van der Waals surface area contributed by atoms with Crippen LogP contribution in [0.1, 0.15) is 28.8 Å². The molecule has 0 unspecified atom stereocenters. The van der Waals surface area contributed by atoms with Crippen molar-refractivity contribution in [2.24, 2.45) is 0 Å². The Morgan fingerprint density at radius 2 is 1.93 bits per heavy atom. The Morgan fingerprint density at radius 3 is 2.73 bits per heavy atom. The van der Waals surface area contributed by atoms with Gasteiger partial charge in [-0.2, -0.15) is 0 Å². The molecule has 2 aromatic carbocycles. The van der Waals surface area contributed by atoms with Crippen LogP contribution in [-0.2, 0) is 6.54 Å². The van der Waals surface area contributed by atoms with E-state index in [0.717, 1.165) is 24.9 Å². The molecule has 1 aliphatic rings. The SMILES string of the molecule is Nc1ncc(C(=O)N[C@H]2CCCN(Cc3ccccc3F)C2)c(-c2ccccc2)n1. The summed E-state index contributed by atoms with van der Waals surface area (Å²) in [5, 5.41) is 3.10. The number of rotatable bonds is 5. The van der Waals surface area contributed by atoms with Gasteiger partial charge in [-0.05, 0) is 25.5 Å². The predicted octanol–water partition coefficient (Wildman–Crippen LogP) is 3.26. The summed E-state index contributed by atoms with van der Waals surface area (Å²) in [7, 11) is 0. The van der Waals surface area contributed by atoms with Crippen LogP contribution < -0.4 is 11.1 Å². The minimum absolute atomic E-state index is 0.0285. The molecular formula is C23H24FN5O. The zero-order valence-corrected chi connectivity index (χ0v) is 16.6. The Morgan fingerprint density at radius 1 is 1.17 bits per heavy atom. The number of amides is 1. The van der Waals surface area contributed by atoms with Gasteiger partial charge in [0.15, 0.2) is 0 Å². The Bertz CT molecular complexity index is 1030. The molecule has 1 aliphatic heterocycles. The molecule has 6 nitrogen and oxygen atoms in total. The van der Waals surface area contributed by atoms with Gasteiger partial charge in [0.2, 0.25) is 5.95 Å². The van der Waals surface area contributed by atoms with Gasteiger partial charge < -0.3 is 11.1 Å². The van der Waals surface area contributed by atoms with Gasteiger partial charge in [-0.15, -0.1) is 0 Å². The van der Waals surface area contributed by atoms with Crippen LogP contribution in [0.5, 0.6) is 0 Å². The number of halogens is 1. The molecule has 1 amide bonds. The fourth-order valence-corrected chi connectivity index (χ4v) is 3.83. The molecule has 30 heavy (non-hydrogen) atoms. The van der Waals surface area contributed by atoms with Crippen LogP contribution in [0.2, 0.25) is 0 Å². The highest BCUT2D eigenvalue weighted by molar-refractivity contribution is 6.00. The number of nitrogens with two attached hydrogens (primary N) is 1. The smallest absolute Gasteiger partial charge is 0.255 e. The number of anilines is 1. The van der Waals surface area contributed by atoms with E-state index in [9.17, 15) is 9.18 Å². The van der Waals surface area contributed by atoms with Crippen LogP contribution in [0.4, 0.5) is 10.3 Å². The summed E-state index contributed by atoms with van der Waals surface area (Å²) < 4.78 is 14.0. The summed E-state index contributed by atoms with van der Waals surface area (Å²) in [6, 6.07) is 16.2. The van der Waals surface area contributed by atoms with Crippen molar-refractivity contribution in [1.82, 2.24) is 20.2 Å². The second-order valence-electron chi connectivity index (χ2n) is 7.50. The molecule has 0 radical (unpaired) electrons. The molecule has 1 saturated heterocycles. The fourth-order valence-electron chi connectivity index (χ4n) is 3.83. The van der Waals surface area contributed by atoms with Gasteiger partial charge in [-0.3, -0.25) is 9.69 Å². The lowest BCUT2D eigenvalue weighted by Crippen LogP contribution is -2.47. The van der Waals surface area contributed by atoms with E-state index in [2.05, 4.69) is 20.2 Å². The number of nitrogens with zero attached hydrogens (tertiary/aromatic N) is 3. The summed E-state index contributed by atoms with van der Waals surface area (Å²) in [6.07, 6.45) is 3.28. The molecule has 4 rings (SSSR count). The standard InChI is InChI=1S/C23H24FN5O/c24-20-11-5-4-9-17(20)14-29-12-6-10-18(15-29)27-22(30)19-13-26-23(25)28-21(19)16-7-2-1-3-8-16/h1-5,7-9,11,13,18H,6,10,12,14-15H2,(H,27,30)(H2,25,26,28)/t18-/m0/s1. The second kappa shape index (κ2) is 9.00. The highest BCUT2D eigenvalue weighted by atomic mass is 19.1. The Labute approximate surface area is 175 Å². The number of carbonyl (C=O) groups excluding carboxylic acids is 1. The van der Waals surface area contributed by atoms with E-state index in [-0.39, 0.29) is 23.7 Å². The highest BCUT2D eigenvalue weighted by Gasteiger charge is 2.24. The number of nitrogen functional groups attached to an aromatic ring is 1. The lowest BCUT2D eigenvalue weighted by atomic mass is 10.0. The predicted molar refractivity (Wildman–Crippen MR) is 114 cm³/mol. The third kappa shape index (κ3) is 4.63. The maximum absolute atomic E-state index is 14.0. The molecule has 0 aliphatic carbocycles. The number of aromatic nitrogens is 2. The van der Waals surface area contributed by atoms with Gasteiger partial charge in [0.25, 0.3) is 5.91 Å². The molecule has 3 N–H and O–H groups in total. The van der Waals surface area contributed by atoms with Crippen molar-refractivity contribution in [2.75, 3.05) is 18.8 Å². The quantitative estimate of drug-likeness (QED) is 0.681. The average molecular weight is 405 g/mol. The highest BCUT2D eigenvalue weighted by Crippen LogP contribution is 2.22. The molecule has 1 atom stereocenters. The number of piperidine rings is 1. The third-order valence-corrected chi connectivity index (χ3v) is 5.29. The van der Waals surface area contributed by atoms with E-state index < -0.39 is 0 Å². The van der Waals surface area contributed by atoms with Crippen LogP contribution >= 0.6 is 0 Å². The molecule has 154 valence electrons. The Hall–Kier alpha value is -3.32. The lowest BCUT2D eigenvalue weighted by Gasteiger charge is -2.33. The van der Waals surface area contributed by atoms with Gasteiger partial charge in [-0.1, -0.05) is 48.5 Å². The van der Waals surface area contributed by atoms with Crippen molar-refractivity contribution in [2.45, 2.75) is 25.4 Å². The van der Waals surface area contributed by atoms with Crippen molar-refractivity contribution in [3.05, 3.63) is 77.7 Å². The second-order valence-corrected chi connectivity index (χ2v) is 7.50. The first-order valence-electron chi connectivity index (χ1n) is 10.0. The van der Waals surface area contributed by atoms with E-state index in [1.54, 1.807) is 12.1 Å². The number of hydrogen-bond acceptors (Lipinski definition) is 5. The van der Waals surface area contributed by atoms with Crippen LogP contribution in [0.3, 0.4) is 0 Å². The zero-order chi connectivity index (χ0) is 20.9. The number of benzene rings is 2. The number of nitrogens with one attached hydrogen (secondary N) is 1. The number of hydrogen-bond donors (Lipinski definition) is 2. The van der Waals surface area contributed by atoms with E-state index in [4.69, 9.17) is 5.73 Å². The fraction of sp³-hybridized carbons (Fsp3) is 0.261. The minimum Gasteiger partial charge on any atom is -0.368 e. The first kappa shape index (κ1) is 20.0. The Balaban J connectivity index is 1.47. The normalized spacial score (nSPS) is 16.9. The van der Waals surface area contributed by atoms with E-state index in [1.807, 2.05) is 36.4 Å². The third-order valence-electron chi connectivity index (χ3n) is 5.29. The molecule has 0 spiro atoms. The van der Waals surface area contributed by atoms with E-state index in [1.165, 1.54) is 12.3 Å². The molecule has 1 aromatic heterocycles. The van der Waals surface area contributed by atoms with Crippen LogP contribution in [0.25, 0.3) is 11.3 Å². The monoisotopic (exact) mass is 405 g/mol. The summed E-state index contributed by atoms with van der Waals surface area (Å²) in [5.74, 6) is -0.305. The maximum Gasteiger partial charge on any atom is 0.255 e. The topological polar surface area (TPSA) is 84.1 Å². The lowest BCUT2D eigenvalue weighted by molar-refractivity contribution is 0.0900. The van der Waals surface area contributed by atoms with Crippen molar-refractivity contribution in [1.29, 1.82) is 0 Å². The van der Waals surface area contributed by atoms with Gasteiger partial charge in [0.1, 0.15) is 5.82 Å². The molecular weight excluding hydrogens is 381 g/mol. The molecule has 1 fully saturated rings. The summed E-state index contributed by atoms with van der Waals surface area (Å²) in [4.78, 5) is 23.5. The zero-order valence-electron chi connectivity index (χ0n) is 16.6. The minimum atomic E-state index is -0.230. The number of likely N-dealkylation sites (tertiary alicyclic amines) is 1. The molecule has 0 saturated carbocycles. The largest absolute Gasteiger partial charge is 0.368 e. The van der Waals surface area contributed by atoms with Gasteiger partial charge in [0, 0.05) is 36.5 Å². The van der Waals surface area contributed by atoms with Gasteiger partial charge in [-0.25, -0.2) is 14.4 Å². The number of carbonyl (C=O) groups is 1. The van der Waals surface area contributed by atoms with E-state index >= 15 is 0 Å². The first-order valence-corrected chi connectivity index (χ1v) is 10.0. The molecule has 3 aromatic rings. The first-order chi connectivity index (χ1) is 14.6. The van der Waals surface area contributed by atoms with Crippen molar-refractivity contribution >= 4 is 11.9 Å².